The molecule has 4 rings (SSSR count). The molecule has 6 nitrogen and oxygen atoms in total. The summed E-state index contributed by atoms with van der Waals surface area (Å²) in [6.07, 6.45) is 0.898. The van der Waals surface area contributed by atoms with Crippen LogP contribution in [0.4, 0.5) is 5.69 Å². The number of carbonyl (C=O) groups is 1. The van der Waals surface area contributed by atoms with Crippen LogP contribution in [-0.4, -0.2) is 37.4 Å². The van der Waals surface area contributed by atoms with Crippen molar-refractivity contribution in [1.82, 2.24) is 20.2 Å². The third-order valence-corrected chi connectivity index (χ3v) is 6.38. The second-order valence-electron chi connectivity index (χ2n) is 6.35. The molecule has 0 spiro atoms. The first kappa shape index (κ1) is 17.2. The van der Waals surface area contributed by atoms with Crippen molar-refractivity contribution in [3.05, 3.63) is 52.2 Å². The number of fused-ring (bicyclic) bond motifs is 1. The number of hydrogen-bond donors (Lipinski definition) is 0. The fourth-order valence-corrected chi connectivity index (χ4v) is 4.76. The minimum atomic E-state index is -0.267. The highest BCUT2D eigenvalue weighted by Crippen LogP contribution is 2.34. The van der Waals surface area contributed by atoms with Gasteiger partial charge in [0.15, 0.2) is 0 Å². The monoisotopic (exact) mass is 385 g/mol. The zero-order valence-corrected chi connectivity index (χ0v) is 16.2. The highest BCUT2D eigenvalue weighted by atomic mass is 32.2. The molecule has 0 radical (unpaired) electrons. The van der Waals surface area contributed by atoms with Crippen LogP contribution in [0.15, 0.2) is 46.9 Å². The van der Waals surface area contributed by atoms with E-state index in [4.69, 9.17) is 0 Å². The first-order valence-electron chi connectivity index (χ1n) is 8.49. The molecule has 0 unspecified atom stereocenters. The molecule has 1 aliphatic heterocycles. The molecule has 2 aromatic heterocycles. The zero-order valence-electron chi connectivity index (χ0n) is 14.6. The van der Waals surface area contributed by atoms with E-state index in [9.17, 15) is 4.79 Å². The Hall–Kier alpha value is -2.19. The number of benzene rings is 1. The Morgan fingerprint density at radius 2 is 2.19 bits per heavy atom. The molecule has 26 heavy (non-hydrogen) atoms. The predicted octanol–water partition coefficient (Wildman–Crippen LogP) is 3.24. The van der Waals surface area contributed by atoms with Gasteiger partial charge in [0.1, 0.15) is 0 Å². The van der Waals surface area contributed by atoms with Crippen molar-refractivity contribution < 1.29 is 4.79 Å². The number of aromatic nitrogens is 4. The summed E-state index contributed by atoms with van der Waals surface area (Å²) in [7, 11) is 0. The molecule has 0 fully saturated rings. The lowest BCUT2D eigenvalue weighted by atomic mass is 10.1. The van der Waals surface area contributed by atoms with E-state index in [0.717, 1.165) is 12.1 Å². The molecular formula is C18H19N5OS2. The number of carbonyl (C=O) groups excluding carboxylic acids is 1. The van der Waals surface area contributed by atoms with E-state index in [1.807, 2.05) is 41.5 Å². The molecule has 1 aliphatic rings. The first-order valence-corrected chi connectivity index (χ1v) is 10.3. The summed E-state index contributed by atoms with van der Waals surface area (Å²) in [5.74, 6) is 0.0955. The van der Waals surface area contributed by atoms with Crippen molar-refractivity contribution >= 4 is 34.7 Å². The molecule has 1 aromatic carbocycles. The van der Waals surface area contributed by atoms with Gasteiger partial charge in [-0.05, 0) is 53.8 Å². The van der Waals surface area contributed by atoms with Gasteiger partial charge in [-0.1, -0.05) is 36.0 Å². The van der Waals surface area contributed by atoms with E-state index in [-0.39, 0.29) is 17.2 Å². The van der Waals surface area contributed by atoms with Gasteiger partial charge in [-0.15, -0.1) is 16.4 Å². The van der Waals surface area contributed by atoms with Crippen LogP contribution in [0, 0.1) is 0 Å². The maximum Gasteiger partial charge on any atom is 0.240 e. The van der Waals surface area contributed by atoms with E-state index in [1.165, 1.54) is 22.2 Å². The SMILES string of the molecule is C[C@H](Sc1nnnn1Cc1cccs1)C(=O)N1c2ccccc2C[C@@H]1C. The average Bonchev–Trinajstić information content (AvgIpc) is 3.35. The van der Waals surface area contributed by atoms with Crippen molar-refractivity contribution in [3.8, 4) is 0 Å². The van der Waals surface area contributed by atoms with Crippen LogP contribution < -0.4 is 4.90 Å². The molecule has 2 atom stereocenters. The van der Waals surface area contributed by atoms with Crippen LogP contribution in [0.3, 0.4) is 0 Å². The molecule has 3 heterocycles. The smallest absolute Gasteiger partial charge is 0.240 e. The van der Waals surface area contributed by atoms with Gasteiger partial charge >= 0.3 is 0 Å². The second-order valence-corrected chi connectivity index (χ2v) is 8.69. The van der Waals surface area contributed by atoms with Gasteiger partial charge in [0.25, 0.3) is 0 Å². The summed E-state index contributed by atoms with van der Waals surface area (Å²) in [5, 5.41) is 14.4. The first-order chi connectivity index (χ1) is 12.6. The number of hydrogen-bond acceptors (Lipinski definition) is 6. The number of rotatable bonds is 5. The summed E-state index contributed by atoms with van der Waals surface area (Å²) < 4.78 is 1.75. The number of thioether (sulfide) groups is 1. The highest BCUT2D eigenvalue weighted by molar-refractivity contribution is 8.00. The number of nitrogens with zero attached hydrogens (tertiary/aromatic N) is 5. The number of anilines is 1. The van der Waals surface area contributed by atoms with Crippen molar-refractivity contribution in [2.24, 2.45) is 0 Å². The third kappa shape index (κ3) is 3.26. The van der Waals surface area contributed by atoms with Gasteiger partial charge in [-0.2, -0.15) is 0 Å². The number of para-hydroxylation sites is 1. The molecule has 0 bridgehead atoms. The van der Waals surface area contributed by atoms with E-state index in [2.05, 4.69) is 34.6 Å². The highest BCUT2D eigenvalue weighted by Gasteiger charge is 2.34. The van der Waals surface area contributed by atoms with E-state index in [0.29, 0.717) is 11.7 Å². The van der Waals surface area contributed by atoms with Crippen LogP contribution in [0.1, 0.15) is 24.3 Å². The van der Waals surface area contributed by atoms with Crippen LogP contribution in [-0.2, 0) is 17.8 Å². The maximum absolute atomic E-state index is 13.1. The summed E-state index contributed by atoms with van der Waals surface area (Å²) in [6.45, 7) is 4.64. The lowest BCUT2D eigenvalue weighted by Crippen LogP contribution is -2.40. The molecule has 0 aliphatic carbocycles. The minimum Gasteiger partial charge on any atom is -0.308 e. The quantitative estimate of drug-likeness (QED) is 0.631. The Morgan fingerprint density at radius 3 is 3.00 bits per heavy atom. The summed E-state index contributed by atoms with van der Waals surface area (Å²) in [4.78, 5) is 16.2. The molecule has 134 valence electrons. The molecule has 0 saturated heterocycles. The van der Waals surface area contributed by atoms with Gasteiger partial charge in [0.05, 0.1) is 11.8 Å². The molecule has 3 aromatic rings. The lowest BCUT2D eigenvalue weighted by molar-refractivity contribution is -0.118. The Bertz CT molecular complexity index is 908. The van der Waals surface area contributed by atoms with Crippen molar-refractivity contribution in [2.75, 3.05) is 4.90 Å². The van der Waals surface area contributed by atoms with Crippen LogP contribution in [0.5, 0.6) is 0 Å². The van der Waals surface area contributed by atoms with Gasteiger partial charge in [-0.25, -0.2) is 4.68 Å². The van der Waals surface area contributed by atoms with Gasteiger partial charge in [0, 0.05) is 16.6 Å². The summed E-state index contributed by atoms with van der Waals surface area (Å²) in [6, 6.07) is 12.4. The summed E-state index contributed by atoms with van der Waals surface area (Å²) in [5.41, 5.74) is 2.25. The fraction of sp³-hybridized carbons (Fsp3) is 0.333. The third-order valence-electron chi connectivity index (χ3n) is 4.46. The topological polar surface area (TPSA) is 63.9 Å². The van der Waals surface area contributed by atoms with Crippen molar-refractivity contribution in [1.29, 1.82) is 0 Å². The Morgan fingerprint density at radius 1 is 1.35 bits per heavy atom. The number of thiophene rings is 1. The molecule has 0 N–H and O–H groups in total. The predicted molar refractivity (Wildman–Crippen MR) is 104 cm³/mol. The average molecular weight is 386 g/mol. The standard InChI is InChI=1S/C18H19N5OS2/c1-12-10-14-6-3-4-8-16(14)23(12)17(24)13(2)26-18-19-20-21-22(18)11-15-7-5-9-25-15/h3-9,12-13H,10-11H2,1-2H3/t12-,13-/m0/s1. The minimum absolute atomic E-state index is 0.0955. The van der Waals surface area contributed by atoms with Crippen molar-refractivity contribution in [3.63, 3.8) is 0 Å². The Labute approximate surface area is 160 Å². The van der Waals surface area contributed by atoms with Gasteiger partial charge < -0.3 is 4.90 Å². The number of tetrazole rings is 1. The van der Waals surface area contributed by atoms with Crippen LogP contribution in [0.2, 0.25) is 0 Å². The molecule has 0 saturated carbocycles. The van der Waals surface area contributed by atoms with E-state index >= 15 is 0 Å². The Kier molecular flexibility index (Phi) is 4.78. The molecule has 8 heteroatoms. The normalized spacial score (nSPS) is 17.3. The Balaban J connectivity index is 1.50. The van der Waals surface area contributed by atoms with E-state index in [1.54, 1.807) is 16.0 Å². The van der Waals surface area contributed by atoms with Crippen molar-refractivity contribution in [2.45, 2.75) is 43.3 Å². The van der Waals surface area contributed by atoms with Gasteiger partial charge in [-0.3, -0.25) is 4.79 Å². The largest absolute Gasteiger partial charge is 0.308 e. The van der Waals surface area contributed by atoms with Crippen LogP contribution in [0.25, 0.3) is 0 Å². The lowest BCUT2D eigenvalue weighted by Gasteiger charge is -2.25. The fourth-order valence-electron chi connectivity index (χ4n) is 3.24. The maximum atomic E-state index is 13.1. The summed E-state index contributed by atoms with van der Waals surface area (Å²) >= 11 is 3.08. The number of amides is 1. The second kappa shape index (κ2) is 7.20. The van der Waals surface area contributed by atoms with Gasteiger partial charge in [0.2, 0.25) is 11.1 Å². The van der Waals surface area contributed by atoms with Crippen LogP contribution >= 0.6 is 23.1 Å². The van der Waals surface area contributed by atoms with E-state index < -0.39 is 0 Å². The zero-order chi connectivity index (χ0) is 18.1. The molecule has 1 amide bonds. The molecular weight excluding hydrogens is 366 g/mol.